The van der Waals surface area contributed by atoms with Crippen LogP contribution in [0.5, 0.6) is 5.75 Å². The van der Waals surface area contributed by atoms with Crippen molar-refractivity contribution < 1.29 is 19.2 Å². The maximum absolute atomic E-state index is 10.4. The summed E-state index contributed by atoms with van der Waals surface area (Å²) < 4.78 is 10.3. The number of nitrogens with zero attached hydrogens (tertiary/aromatic N) is 2. The molecular formula is C12H11ClN2O4. The van der Waals surface area contributed by atoms with Gasteiger partial charge in [0.2, 0.25) is 11.7 Å². The summed E-state index contributed by atoms with van der Waals surface area (Å²) >= 11 is 5.93. The Morgan fingerprint density at radius 2 is 2.21 bits per heavy atom. The van der Waals surface area contributed by atoms with Crippen molar-refractivity contribution >= 4 is 17.6 Å². The second-order valence-corrected chi connectivity index (χ2v) is 4.12. The Labute approximate surface area is 114 Å². The van der Waals surface area contributed by atoms with Crippen molar-refractivity contribution in [1.29, 1.82) is 0 Å². The first-order valence-electron chi connectivity index (χ1n) is 5.56. The number of carboxylic acid groups (broad SMARTS) is 1. The number of hydrogen-bond acceptors (Lipinski definition) is 5. The normalized spacial score (nSPS) is 10.4. The van der Waals surface area contributed by atoms with Crippen molar-refractivity contribution in [2.75, 3.05) is 0 Å². The molecule has 1 aromatic heterocycles. The van der Waals surface area contributed by atoms with Crippen molar-refractivity contribution in [1.82, 2.24) is 10.1 Å². The molecule has 0 saturated carbocycles. The van der Waals surface area contributed by atoms with E-state index in [9.17, 15) is 4.79 Å². The van der Waals surface area contributed by atoms with Crippen LogP contribution in [0.25, 0.3) is 0 Å². The SMILES string of the molecule is O=C(O)CCc1nc(COc2ccccc2Cl)no1. The molecule has 2 rings (SSSR count). The number of aromatic nitrogens is 2. The lowest BCUT2D eigenvalue weighted by molar-refractivity contribution is -0.137. The minimum Gasteiger partial charge on any atom is -0.484 e. The highest BCUT2D eigenvalue weighted by atomic mass is 35.5. The lowest BCUT2D eigenvalue weighted by atomic mass is 10.3. The summed E-state index contributed by atoms with van der Waals surface area (Å²) in [6, 6.07) is 7.04. The van der Waals surface area contributed by atoms with Crippen molar-refractivity contribution in [3.63, 3.8) is 0 Å². The summed E-state index contributed by atoms with van der Waals surface area (Å²) in [7, 11) is 0. The highest BCUT2D eigenvalue weighted by molar-refractivity contribution is 6.32. The molecule has 0 amide bonds. The van der Waals surface area contributed by atoms with Crippen LogP contribution in [-0.2, 0) is 17.8 Å². The van der Waals surface area contributed by atoms with Gasteiger partial charge in [-0.3, -0.25) is 4.79 Å². The van der Waals surface area contributed by atoms with Gasteiger partial charge in [0.1, 0.15) is 5.75 Å². The Morgan fingerprint density at radius 1 is 1.42 bits per heavy atom. The number of ether oxygens (including phenoxy) is 1. The molecule has 100 valence electrons. The van der Waals surface area contributed by atoms with E-state index in [4.69, 9.17) is 26.0 Å². The zero-order valence-corrected chi connectivity index (χ0v) is 10.6. The summed E-state index contributed by atoms with van der Waals surface area (Å²) in [4.78, 5) is 14.4. The van der Waals surface area contributed by atoms with Crippen LogP contribution in [0.15, 0.2) is 28.8 Å². The molecule has 0 aliphatic carbocycles. The average Bonchev–Trinajstić information content (AvgIpc) is 2.83. The van der Waals surface area contributed by atoms with E-state index in [1.165, 1.54) is 0 Å². The lowest BCUT2D eigenvalue weighted by Crippen LogP contribution is -2.00. The average molecular weight is 283 g/mol. The Balaban J connectivity index is 1.90. The molecule has 1 aromatic carbocycles. The van der Waals surface area contributed by atoms with Gasteiger partial charge < -0.3 is 14.4 Å². The minimum atomic E-state index is -0.910. The zero-order valence-electron chi connectivity index (χ0n) is 9.88. The van der Waals surface area contributed by atoms with E-state index in [0.717, 1.165) is 0 Å². The van der Waals surface area contributed by atoms with Gasteiger partial charge in [-0.05, 0) is 12.1 Å². The minimum absolute atomic E-state index is 0.0486. The van der Waals surface area contributed by atoms with E-state index in [0.29, 0.717) is 16.6 Å². The number of aliphatic carboxylic acids is 1. The largest absolute Gasteiger partial charge is 0.484 e. The third-order valence-corrected chi connectivity index (χ3v) is 2.57. The smallest absolute Gasteiger partial charge is 0.303 e. The number of hydrogen-bond donors (Lipinski definition) is 1. The molecule has 0 radical (unpaired) electrons. The topological polar surface area (TPSA) is 85.5 Å². The number of benzene rings is 1. The monoisotopic (exact) mass is 282 g/mol. The molecule has 0 atom stereocenters. The number of rotatable bonds is 6. The van der Waals surface area contributed by atoms with Gasteiger partial charge in [-0.1, -0.05) is 28.9 Å². The molecule has 6 nitrogen and oxygen atoms in total. The van der Waals surface area contributed by atoms with Crippen LogP contribution in [-0.4, -0.2) is 21.2 Å². The van der Waals surface area contributed by atoms with Gasteiger partial charge in [0.05, 0.1) is 11.4 Å². The Kier molecular flexibility index (Phi) is 4.35. The molecule has 0 fully saturated rings. The predicted octanol–water partition coefficient (Wildman–Crippen LogP) is 2.32. The number of carboxylic acids is 1. The fourth-order valence-electron chi connectivity index (χ4n) is 1.37. The third-order valence-electron chi connectivity index (χ3n) is 2.26. The molecular weight excluding hydrogens is 272 g/mol. The van der Waals surface area contributed by atoms with Gasteiger partial charge in [-0.25, -0.2) is 0 Å². The first kappa shape index (κ1) is 13.4. The van der Waals surface area contributed by atoms with Crippen LogP contribution < -0.4 is 4.74 Å². The summed E-state index contributed by atoms with van der Waals surface area (Å²) in [5.41, 5.74) is 0. The molecule has 0 aliphatic rings. The highest BCUT2D eigenvalue weighted by Crippen LogP contribution is 2.23. The second kappa shape index (κ2) is 6.19. The molecule has 2 aromatic rings. The fraction of sp³-hybridized carbons (Fsp3) is 0.250. The molecule has 0 bridgehead atoms. The van der Waals surface area contributed by atoms with Crippen molar-refractivity contribution in [2.24, 2.45) is 0 Å². The Hall–Kier alpha value is -2.08. The highest BCUT2D eigenvalue weighted by Gasteiger charge is 2.09. The quantitative estimate of drug-likeness (QED) is 0.875. The van der Waals surface area contributed by atoms with Gasteiger partial charge in [-0.2, -0.15) is 4.98 Å². The van der Waals surface area contributed by atoms with Gasteiger partial charge in [0.25, 0.3) is 0 Å². The zero-order chi connectivity index (χ0) is 13.7. The third kappa shape index (κ3) is 3.96. The van der Waals surface area contributed by atoms with E-state index in [2.05, 4.69) is 10.1 Å². The molecule has 0 aliphatic heterocycles. The standard InChI is InChI=1S/C12H11ClN2O4/c13-8-3-1-2-4-9(8)18-7-10-14-11(19-15-10)5-6-12(16)17/h1-4H,5-7H2,(H,16,17). The van der Waals surface area contributed by atoms with Crippen molar-refractivity contribution in [2.45, 2.75) is 19.4 Å². The second-order valence-electron chi connectivity index (χ2n) is 3.72. The molecule has 19 heavy (non-hydrogen) atoms. The van der Waals surface area contributed by atoms with Gasteiger partial charge in [0.15, 0.2) is 6.61 Å². The van der Waals surface area contributed by atoms with Gasteiger partial charge in [-0.15, -0.1) is 0 Å². The first-order valence-corrected chi connectivity index (χ1v) is 5.93. The van der Waals surface area contributed by atoms with E-state index >= 15 is 0 Å². The fourth-order valence-corrected chi connectivity index (χ4v) is 1.56. The summed E-state index contributed by atoms with van der Waals surface area (Å²) in [5.74, 6) is 0.244. The summed E-state index contributed by atoms with van der Waals surface area (Å²) in [5, 5.41) is 12.7. The Bertz CT molecular complexity index is 570. The maximum atomic E-state index is 10.4. The van der Waals surface area contributed by atoms with Crippen LogP contribution in [0.2, 0.25) is 5.02 Å². The molecule has 0 spiro atoms. The van der Waals surface area contributed by atoms with E-state index in [1.807, 2.05) is 0 Å². The molecule has 1 N–H and O–H groups in total. The van der Waals surface area contributed by atoms with Crippen LogP contribution in [0.3, 0.4) is 0 Å². The van der Waals surface area contributed by atoms with Crippen LogP contribution in [0, 0.1) is 0 Å². The number of halogens is 1. The molecule has 0 unspecified atom stereocenters. The maximum Gasteiger partial charge on any atom is 0.303 e. The first-order chi connectivity index (χ1) is 9.15. The molecule has 0 saturated heterocycles. The van der Waals surface area contributed by atoms with Crippen LogP contribution in [0.4, 0.5) is 0 Å². The molecule has 1 heterocycles. The van der Waals surface area contributed by atoms with Gasteiger partial charge >= 0.3 is 5.97 Å². The number of aryl methyl sites for hydroxylation is 1. The summed E-state index contributed by atoms with van der Waals surface area (Å²) in [6.07, 6.45) is 0.154. The van der Waals surface area contributed by atoms with E-state index in [1.54, 1.807) is 24.3 Å². The molecule has 7 heteroatoms. The van der Waals surface area contributed by atoms with Crippen molar-refractivity contribution in [3.05, 3.63) is 41.0 Å². The van der Waals surface area contributed by atoms with Crippen LogP contribution in [0.1, 0.15) is 18.1 Å². The van der Waals surface area contributed by atoms with Crippen LogP contribution >= 0.6 is 11.6 Å². The van der Waals surface area contributed by atoms with E-state index < -0.39 is 5.97 Å². The Morgan fingerprint density at radius 3 is 2.95 bits per heavy atom. The number of para-hydroxylation sites is 1. The lowest BCUT2D eigenvalue weighted by Gasteiger charge is -2.04. The van der Waals surface area contributed by atoms with E-state index in [-0.39, 0.29) is 25.3 Å². The van der Waals surface area contributed by atoms with Gasteiger partial charge in [0, 0.05) is 6.42 Å². The summed E-state index contributed by atoms with van der Waals surface area (Å²) in [6.45, 7) is 0.111. The number of carbonyl (C=O) groups is 1. The van der Waals surface area contributed by atoms with Crippen molar-refractivity contribution in [3.8, 4) is 5.75 Å². The predicted molar refractivity (Wildman–Crippen MR) is 66.0 cm³/mol.